The van der Waals surface area contributed by atoms with Gasteiger partial charge in [0.25, 0.3) is 5.91 Å². The molecule has 2 N–H and O–H groups in total. The molecule has 3 amide bonds. The summed E-state index contributed by atoms with van der Waals surface area (Å²) in [6.45, 7) is 6.27. The molecule has 0 bridgehead atoms. The normalized spacial score (nSPS) is 15.5. The van der Waals surface area contributed by atoms with Gasteiger partial charge >= 0.3 is 0 Å². The van der Waals surface area contributed by atoms with E-state index in [9.17, 15) is 14.4 Å². The zero-order valence-corrected chi connectivity index (χ0v) is 19.5. The smallest absolute Gasteiger partial charge is 0.259 e. The van der Waals surface area contributed by atoms with Gasteiger partial charge in [-0.05, 0) is 55.7 Å². The van der Waals surface area contributed by atoms with Gasteiger partial charge in [-0.1, -0.05) is 36.5 Å². The molecule has 0 unspecified atom stereocenters. The molecule has 2 aromatic carbocycles. The molecule has 8 nitrogen and oxygen atoms in total. The first-order valence-corrected chi connectivity index (χ1v) is 11.6. The summed E-state index contributed by atoms with van der Waals surface area (Å²) >= 11 is 1.31. The van der Waals surface area contributed by atoms with Crippen molar-refractivity contribution in [2.45, 2.75) is 33.6 Å². The van der Waals surface area contributed by atoms with E-state index in [1.54, 1.807) is 29.2 Å². The van der Waals surface area contributed by atoms with E-state index in [-0.39, 0.29) is 24.1 Å². The number of hydrogen-bond donors (Lipinski definition) is 2. The Labute approximate surface area is 196 Å². The van der Waals surface area contributed by atoms with Gasteiger partial charge in [0.05, 0.1) is 17.2 Å². The van der Waals surface area contributed by atoms with E-state index in [0.717, 1.165) is 28.2 Å². The van der Waals surface area contributed by atoms with Crippen LogP contribution in [0.15, 0.2) is 42.5 Å². The van der Waals surface area contributed by atoms with Gasteiger partial charge in [-0.15, -0.1) is 10.2 Å². The SMILES string of the molecule is CCc1nnc(NC(=O)c2ccccc2NC(=O)[C@H]2CC(=O)N(c3ccc(C)c(C)c3)C2)s1. The highest BCUT2D eigenvalue weighted by Gasteiger charge is 2.35. The van der Waals surface area contributed by atoms with Crippen LogP contribution in [0, 0.1) is 19.8 Å². The Kier molecular flexibility index (Phi) is 6.50. The van der Waals surface area contributed by atoms with Crippen molar-refractivity contribution >= 4 is 45.6 Å². The van der Waals surface area contributed by atoms with Crippen LogP contribution in [0.4, 0.5) is 16.5 Å². The summed E-state index contributed by atoms with van der Waals surface area (Å²) in [5, 5.41) is 14.8. The minimum atomic E-state index is -0.509. The maximum absolute atomic E-state index is 13.0. The molecular formula is C24H25N5O3S. The van der Waals surface area contributed by atoms with Crippen LogP contribution in [0.1, 0.15) is 39.8 Å². The van der Waals surface area contributed by atoms with Gasteiger partial charge in [-0.3, -0.25) is 19.7 Å². The summed E-state index contributed by atoms with van der Waals surface area (Å²) < 4.78 is 0. The predicted octanol–water partition coefficient (Wildman–Crippen LogP) is 3.96. The van der Waals surface area contributed by atoms with Gasteiger partial charge in [0, 0.05) is 18.7 Å². The molecule has 1 saturated heterocycles. The summed E-state index contributed by atoms with van der Waals surface area (Å²) in [4.78, 5) is 40.1. The number of amides is 3. The average molecular weight is 464 g/mol. The Morgan fingerprint density at radius 1 is 1.09 bits per heavy atom. The fraction of sp³-hybridized carbons (Fsp3) is 0.292. The number of hydrogen-bond acceptors (Lipinski definition) is 6. The van der Waals surface area contributed by atoms with Crippen LogP contribution in [0.3, 0.4) is 0 Å². The molecule has 1 atom stereocenters. The van der Waals surface area contributed by atoms with Crippen LogP contribution >= 0.6 is 11.3 Å². The van der Waals surface area contributed by atoms with Crippen LogP contribution in [-0.4, -0.2) is 34.5 Å². The number of anilines is 3. The molecule has 1 aliphatic heterocycles. The van der Waals surface area contributed by atoms with Crippen LogP contribution in [0.25, 0.3) is 0 Å². The summed E-state index contributed by atoms with van der Waals surface area (Å²) in [6.07, 6.45) is 0.858. The van der Waals surface area contributed by atoms with E-state index in [1.807, 2.05) is 39.0 Å². The van der Waals surface area contributed by atoms with Crippen molar-refractivity contribution in [3.8, 4) is 0 Å². The molecule has 33 heavy (non-hydrogen) atoms. The summed E-state index contributed by atoms with van der Waals surface area (Å²) in [6, 6.07) is 12.6. The fourth-order valence-corrected chi connectivity index (χ4v) is 4.34. The first-order valence-electron chi connectivity index (χ1n) is 10.8. The summed E-state index contributed by atoms with van der Waals surface area (Å²) in [5.41, 5.74) is 3.73. The second-order valence-electron chi connectivity index (χ2n) is 8.02. The lowest BCUT2D eigenvalue weighted by molar-refractivity contribution is -0.122. The van der Waals surface area contributed by atoms with E-state index in [4.69, 9.17) is 0 Å². The standard InChI is InChI=1S/C24H25N5O3S/c1-4-20-27-28-24(33-20)26-23(32)18-7-5-6-8-19(18)25-22(31)16-12-21(30)29(13-16)17-10-9-14(2)15(3)11-17/h5-11,16H,4,12-13H2,1-3H3,(H,25,31)(H,26,28,32)/t16-/m0/s1. The molecule has 0 radical (unpaired) electrons. The molecule has 0 saturated carbocycles. The molecule has 0 spiro atoms. The maximum atomic E-state index is 13.0. The molecule has 3 aromatic rings. The van der Waals surface area contributed by atoms with Gasteiger partial charge in [0.1, 0.15) is 5.01 Å². The third-order valence-electron chi connectivity index (χ3n) is 5.72. The topological polar surface area (TPSA) is 104 Å². The van der Waals surface area contributed by atoms with Gasteiger partial charge in [-0.25, -0.2) is 0 Å². The van der Waals surface area contributed by atoms with E-state index in [2.05, 4.69) is 20.8 Å². The number of carbonyl (C=O) groups is 3. The van der Waals surface area contributed by atoms with E-state index in [1.165, 1.54) is 11.3 Å². The number of carbonyl (C=O) groups excluding carboxylic acids is 3. The molecule has 4 rings (SSSR count). The fourth-order valence-electron chi connectivity index (χ4n) is 3.66. The van der Waals surface area contributed by atoms with Crippen molar-refractivity contribution in [3.05, 3.63) is 64.2 Å². The average Bonchev–Trinajstić information content (AvgIpc) is 3.42. The molecular weight excluding hydrogens is 438 g/mol. The van der Waals surface area contributed by atoms with Crippen molar-refractivity contribution in [2.75, 3.05) is 22.1 Å². The third-order valence-corrected chi connectivity index (χ3v) is 6.70. The highest BCUT2D eigenvalue weighted by atomic mass is 32.1. The first kappa shape index (κ1) is 22.6. The zero-order chi connectivity index (χ0) is 23.5. The quantitative estimate of drug-likeness (QED) is 0.576. The van der Waals surface area contributed by atoms with Crippen molar-refractivity contribution < 1.29 is 14.4 Å². The molecule has 1 fully saturated rings. The van der Waals surface area contributed by atoms with Crippen molar-refractivity contribution in [1.29, 1.82) is 0 Å². The minimum absolute atomic E-state index is 0.0903. The Hall–Kier alpha value is -3.59. The van der Waals surface area contributed by atoms with E-state index >= 15 is 0 Å². The van der Waals surface area contributed by atoms with E-state index < -0.39 is 5.92 Å². The van der Waals surface area contributed by atoms with Gasteiger partial charge < -0.3 is 10.2 Å². The van der Waals surface area contributed by atoms with E-state index in [0.29, 0.717) is 22.9 Å². The number of nitrogens with zero attached hydrogens (tertiary/aromatic N) is 3. The van der Waals surface area contributed by atoms with Crippen LogP contribution in [0.5, 0.6) is 0 Å². The lowest BCUT2D eigenvalue weighted by atomic mass is 10.1. The second-order valence-corrected chi connectivity index (χ2v) is 9.08. The largest absolute Gasteiger partial charge is 0.325 e. The van der Waals surface area contributed by atoms with Crippen LogP contribution < -0.4 is 15.5 Å². The predicted molar refractivity (Wildman–Crippen MR) is 129 cm³/mol. The Bertz CT molecular complexity index is 1220. The molecule has 2 heterocycles. The zero-order valence-electron chi connectivity index (χ0n) is 18.7. The molecule has 1 aliphatic rings. The van der Waals surface area contributed by atoms with Gasteiger partial charge in [-0.2, -0.15) is 0 Å². The lowest BCUT2D eigenvalue weighted by Gasteiger charge is -2.18. The van der Waals surface area contributed by atoms with Gasteiger partial charge in [0.15, 0.2) is 0 Å². The van der Waals surface area contributed by atoms with Crippen molar-refractivity contribution in [3.63, 3.8) is 0 Å². The van der Waals surface area contributed by atoms with Crippen molar-refractivity contribution in [2.24, 2.45) is 5.92 Å². The summed E-state index contributed by atoms with van der Waals surface area (Å²) in [5.74, 6) is -1.28. The van der Waals surface area contributed by atoms with Crippen molar-refractivity contribution in [1.82, 2.24) is 10.2 Å². The maximum Gasteiger partial charge on any atom is 0.259 e. The number of nitrogens with one attached hydrogen (secondary N) is 2. The minimum Gasteiger partial charge on any atom is -0.325 e. The number of aromatic nitrogens is 2. The number of para-hydroxylation sites is 1. The molecule has 1 aromatic heterocycles. The molecule has 9 heteroatoms. The Morgan fingerprint density at radius 3 is 2.61 bits per heavy atom. The lowest BCUT2D eigenvalue weighted by Crippen LogP contribution is -2.28. The highest BCUT2D eigenvalue weighted by molar-refractivity contribution is 7.15. The molecule has 170 valence electrons. The van der Waals surface area contributed by atoms with Crippen LogP contribution in [-0.2, 0) is 16.0 Å². The Balaban J connectivity index is 1.46. The molecule has 0 aliphatic carbocycles. The number of rotatable bonds is 6. The van der Waals surface area contributed by atoms with Gasteiger partial charge in [0.2, 0.25) is 16.9 Å². The number of benzene rings is 2. The first-order chi connectivity index (χ1) is 15.9. The summed E-state index contributed by atoms with van der Waals surface area (Å²) in [7, 11) is 0. The third kappa shape index (κ3) is 4.93. The number of aryl methyl sites for hydroxylation is 3. The van der Waals surface area contributed by atoms with Crippen LogP contribution in [0.2, 0.25) is 0 Å². The Morgan fingerprint density at radius 2 is 1.88 bits per heavy atom. The second kappa shape index (κ2) is 9.50. The highest BCUT2D eigenvalue weighted by Crippen LogP contribution is 2.28. The monoisotopic (exact) mass is 463 g/mol.